The van der Waals surface area contributed by atoms with E-state index >= 15 is 0 Å². The fourth-order valence-corrected chi connectivity index (χ4v) is 3.33. The second-order valence-electron chi connectivity index (χ2n) is 7.00. The van der Waals surface area contributed by atoms with Crippen molar-refractivity contribution >= 4 is 11.9 Å². The topological polar surface area (TPSA) is 97.7 Å². The normalized spacial score (nSPS) is 22.9. The average molecular weight is 426 g/mol. The number of halogens is 3. The zero-order valence-electron chi connectivity index (χ0n) is 16.1. The average Bonchev–Trinajstić information content (AvgIpc) is 3.31. The minimum atomic E-state index is -5.08. The number of hydrogen-bond acceptors (Lipinski definition) is 7. The first-order valence-electron chi connectivity index (χ1n) is 9.19. The van der Waals surface area contributed by atoms with E-state index in [9.17, 15) is 13.2 Å². The maximum Gasteiger partial charge on any atom is 0.490 e. The maximum absolute atomic E-state index is 10.6. The molecule has 0 aromatic carbocycles. The first kappa shape index (κ1) is 21.9. The van der Waals surface area contributed by atoms with Crippen molar-refractivity contribution in [3.63, 3.8) is 0 Å². The summed E-state index contributed by atoms with van der Waals surface area (Å²) in [5, 5.41) is 7.12. The lowest BCUT2D eigenvalue weighted by atomic mass is 10.0. The predicted octanol–water partition coefficient (Wildman–Crippen LogP) is 2.23. The molecule has 2 saturated heterocycles. The van der Waals surface area contributed by atoms with E-state index in [2.05, 4.69) is 19.9 Å². The molecule has 0 unspecified atom stereocenters. The van der Waals surface area contributed by atoms with Gasteiger partial charge < -0.3 is 19.5 Å². The molecule has 30 heavy (non-hydrogen) atoms. The van der Waals surface area contributed by atoms with Crippen molar-refractivity contribution in [2.24, 2.45) is 5.92 Å². The molecule has 2 aliphatic heterocycles. The minimum absolute atomic E-state index is 0.132. The van der Waals surface area contributed by atoms with E-state index in [1.54, 1.807) is 6.20 Å². The van der Waals surface area contributed by atoms with E-state index in [0.717, 1.165) is 30.2 Å². The largest absolute Gasteiger partial charge is 0.490 e. The number of carboxylic acid groups (broad SMARTS) is 1. The van der Waals surface area contributed by atoms with Gasteiger partial charge in [0.2, 0.25) is 5.95 Å². The lowest BCUT2D eigenvalue weighted by Crippen LogP contribution is -2.34. The van der Waals surface area contributed by atoms with Gasteiger partial charge in [-0.05, 0) is 24.1 Å². The molecule has 2 aromatic heterocycles. The third kappa shape index (κ3) is 5.42. The second-order valence-corrected chi connectivity index (χ2v) is 7.00. The van der Waals surface area contributed by atoms with Crippen LogP contribution in [0.4, 0.5) is 19.1 Å². The summed E-state index contributed by atoms with van der Waals surface area (Å²) in [6, 6.07) is 4.27. The van der Waals surface area contributed by atoms with Gasteiger partial charge in [0, 0.05) is 37.3 Å². The van der Waals surface area contributed by atoms with Crippen LogP contribution in [0.1, 0.15) is 11.1 Å². The first-order valence-corrected chi connectivity index (χ1v) is 9.19. The van der Waals surface area contributed by atoms with Crippen LogP contribution in [0, 0.1) is 12.8 Å². The highest BCUT2D eigenvalue weighted by Gasteiger charge is 2.47. The second kappa shape index (κ2) is 9.35. The zero-order chi connectivity index (χ0) is 21.7. The van der Waals surface area contributed by atoms with Crippen LogP contribution in [0.3, 0.4) is 0 Å². The molecule has 162 valence electrons. The van der Waals surface area contributed by atoms with E-state index in [-0.39, 0.29) is 6.10 Å². The number of aliphatic carboxylic acids is 1. The Kier molecular flexibility index (Phi) is 6.83. The fraction of sp³-hybridized carbons (Fsp3) is 0.474. The van der Waals surface area contributed by atoms with Crippen molar-refractivity contribution in [1.29, 1.82) is 0 Å². The van der Waals surface area contributed by atoms with E-state index in [4.69, 9.17) is 19.4 Å². The molecule has 0 spiro atoms. The number of carbonyl (C=O) groups is 1. The summed E-state index contributed by atoms with van der Waals surface area (Å²) in [6.07, 6.45) is 2.38. The molecule has 2 aromatic rings. The Labute approximate surface area is 170 Å². The van der Waals surface area contributed by atoms with E-state index in [1.165, 1.54) is 0 Å². The summed E-state index contributed by atoms with van der Waals surface area (Å²) in [6.45, 7) is 4.83. The molecule has 0 bridgehead atoms. The molecular weight excluding hydrogens is 405 g/mol. The molecule has 11 heteroatoms. The van der Waals surface area contributed by atoms with Crippen molar-refractivity contribution < 1.29 is 32.5 Å². The minimum Gasteiger partial charge on any atom is -0.475 e. The van der Waals surface area contributed by atoms with Gasteiger partial charge >= 0.3 is 12.1 Å². The number of fused-ring (bicyclic) bond motifs is 1. The van der Waals surface area contributed by atoms with Gasteiger partial charge in [-0.15, -0.1) is 0 Å². The summed E-state index contributed by atoms with van der Waals surface area (Å²) >= 11 is 0. The molecular formula is C19H21F3N4O4. The number of carboxylic acids is 1. The van der Waals surface area contributed by atoms with Gasteiger partial charge in [0.15, 0.2) is 0 Å². The van der Waals surface area contributed by atoms with Gasteiger partial charge in [-0.1, -0.05) is 6.07 Å². The molecule has 0 aliphatic carbocycles. The van der Waals surface area contributed by atoms with Crippen molar-refractivity contribution in [3.8, 4) is 0 Å². The molecule has 3 atom stereocenters. The highest BCUT2D eigenvalue weighted by Crippen LogP contribution is 2.34. The summed E-state index contributed by atoms with van der Waals surface area (Å²) in [7, 11) is 0. The van der Waals surface area contributed by atoms with E-state index in [1.807, 2.05) is 37.6 Å². The van der Waals surface area contributed by atoms with Crippen LogP contribution < -0.4 is 4.90 Å². The Morgan fingerprint density at radius 3 is 2.60 bits per heavy atom. The van der Waals surface area contributed by atoms with Gasteiger partial charge in [0.25, 0.3) is 0 Å². The molecule has 0 saturated carbocycles. The third-order valence-corrected chi connectivity index (χ3v) is 4.80. The van der Waals surface area contributed by atoms with Gasteiger partial charge in [-0.2, -0.15) is 13.2 Å². The van der Waals surface area contributed by atoms with Crippen LogP contribution in [0.25, 0.3) is 0 Å². The van der Waals surface area contributed by atoms with Crippen molar-refractivity contribution in [2.45, 2.75) is 31.9 Å². The molecule has 0 amide bonds. The molecule has 4 heterocycles. The molecule has 4 rings (SSSR count). The Balaban J connectivity index is 0.000000318. The first-order chi connectivity index (χ1) is 14.3. The van der Waals surface area contributed by atoms with Crippen molar-refractivity contribution in [1.82, 2.24) is 15.0 Å². The highest BCUT2D eigenvalue weighted by atomic mass is 19.4. The predicted molar refractivity (Wildman–Crippen MR) is 98.7 cm³/mol. The summed E-state index contributed by atoms with van der Waals surface area (Å²) in [5.41, 5.74) is 2.16. The number of ether oxygens (including phenoxy) is 2. The standard InChI is InChI=1S/C17H20N4O2.C2HF3O2/c1-12-5-19-17(20-6-12)21-8-16(14-10-22-11-15(14)21)23-9-13-3-2-4-18-7-13;3-2(4,5)1(6)7/h2-7,14-16H,8-11H2,1H3;(H,6,7)/t14-,15+,16-;/m0./s1. The molecule has 1 N–H and O–H groups in total. The summed E-state index contributed by atoms with van der Waals surface area (Å²) < 4.78 is 43.6. The number of aryl methyl sites for hydroxylation is 1. The number of pyridine rings is 1. The number of hydrogen-bond donors (Lipinski definition) is 1. The van der Waals surface area contributed by atoms with E-state index < -0.39 is 12.1 Å². The Morgan fingerprint density at radius 2 is 2.00 bits per heavy atom. The van der Waals surface area contributed by atoms with Crippen molar-refractivity contribution in [2.75, 3.05) is 24.7 Å². The summed E-state index contributed by atoms with van der Waals surface area (Å²) in [4.78, 5) is 24.2. The van der Waals surface area contributed by atoms with Gasteiger partial charge in [-0.25, -0.2) is 14.8 Å². The third-order valence-electron chi connectivity index (χ3n) is 4.80. The fourth-order valence-electron chi connectivity index (χ4n) is 3.33. The lowest BCUT2D eigenvalue weighted by Gasteiger charge is -2.22. The van der Waals surface area contributed by atoms with Crippen LogP contribution in [0.15, 0.2) is 36.9 Å². The number of rotatable bonds is 4. The van der Waals surface area contributed by atoms with Gasteiger partial charge in [-0.3, -0.25) is 4.98 Å². The van der Waals surface area contributed by atoms with Crippen LogP contribution in [0.2, 0.25) is 0 Å². The Hall–Kier alpha value is -2.79. The smallest absolute Gasteiger partial charge is 0.475 e. The number of anilines is 1. The molecule has 2 aliphatic rings. The van der Waals surface area contributed by atoms with Crippen LogP contribution in [0.5, 0.6) is 0 Å². The van der Waals surface area contributed by atoms with Gasteiger partial charge in [0.05, 0.1) is 32.0 Å². The van der Waals surface area contributed by atoms with Crippen molar-refractivity contribution in [3.05, 3.63) is 48.0 Å². The number of alkyl halides is 3. The lowest BCUT2D eigenvalue weighted by molar-refractivity contribution is -0.192. The monoisotopic (exact) mass is 426 g/mol. The molecule has 8 nitrogen and oxygen atoms in total. The Bertz CT molecular complexity index is 836. The van der Waals surface area contributed by atoms with Crippen LogP contribution >= 0.6 is 0 Å². The van der Waals surface area contributed by atoms with E-state index in [0.29, 0.717) is 25.2 Å². The number of aromatic nitrogens is 3. The van der Waals surface area contributed by atoms with Gasteiger partial charge in [0.1, 0.15) is 0 Å². The molecule has 0 radical (unpaired) electrons. The highest BCUT2D eigenvalue weighted by molar-refractivity contribution is 5.73. The summed E-state index contributed by atoms with van der Waals surface area (Å²) in [5.74, 6) is -1.62. The van der Waals surface area contributed by atoms with Crippen LogP contribution in [-0.2, 0) is 20.9 Å². The Morgan fingerprint density at radius 1 is 1.30 bits per heavy atom. The quantitative estimate of drug-likeness (QED) is 0.795. The zero-order valence-corrected chi connectivity index (χ0v) is 16.1. The number of nitrogens with zero attached hydrogens (tertiary/aromatic N) is 4. The van der Waals surface area contributed by atoms with Crippen LogP contribution in [-0.4, -0.2) is 64.1 Å². The maximum atomic E-state index is 10.6. The molecule has 2 fully saturated rings. The SMILES string of the molecule is Cc1cnc(N2C[C@H](OCc3cccnc3)[C@H]3COC[C@H]32)nc1.O=C(O)C(F)(F)F.